The second kappa shape index (κ2) is 7.90. The third-order valence-corrected chi connectivity index (χ3v) is 5.82. The maximum absolute atomic E-state index is 12.4. The molecule has 0 atom stereocenters. The zero-order valence-electron chi connectivity index (χ0n) is 12.2. The fourth-order valence-corrected chi connectivity index (χ4v) is 4.27. The fraction of sp³-hybridized carbons (Fsp3) is 0.933. The van der Waals surface area contributed by atoms with Gasteiger partial charge >= 0.3 is 0 Å². The van der Waals surface area contributed by atoms with Crippen molar-refractivity contribution < 1.29 is 4.79 Å². The summed E-state index contributed by atoms with van der Waals surface area (Å²) in [6.07, 6.45) is 7.35. The van der Waals surface area contributed by atoms with E-state index in [2.05, 4.69) is 10.2 Å². The topological polar surface area (TPSA) is 32.3 Å². The number of likely N-dealkylation sites (tertiary alicyclic amines) is 1. The molecule has 0 spiro atoms. The summed E-state index contributed by atoms with van der Waals surface area (Å²) in [5.41, 5.74) is 0. The van der Waals surface area contributed by atoms with E-state index in [0.29, 0.717) is 17.9 Å². The van der Waals surface area contributed by atoms with Gasteiger partial charge in [0.25, 0.3) is 0 Å². The lowest BCUT2D eigenvalue weighted by Gasteiger charge is -2.35. The third-order valence-electron chi connectivity index (χ3n) is 4.77. The second-order valence-electron chi connectivity index (χ2n) is 6.34. The molecule has 3 aliphatic rings. The molecule has 20 heavy (non-hydrogen) atoms. The normalized spacial score (nSPS) is 25.3. The van der Waals surface area contributed by atoms with E-state index < -0.39 is 0 Å². The minimum Gasteiger partial charge on any atom is -0.342 e. The van der Waals surface area contributed by atoms with Gasteiger partial charge in [0.05, 0.1) is 0 Å². The van der Waals surface area contributed by atoms with Crippen molar-refractivity contribution >= 4 is 30.1 Å². The van der Waals surface area contributed by atoms with Crippen LogP contribution in [0.15, 0.2) is 0 Å². The van der Waals surface area contributed by atoms with Gasteiger partial charge in [-0.3, -0.25) is 4.79 Å². The van der Waals surface area contributed by atoms with Gasteiger partial charge in [0, 0.05) is 25.0 Å². The van der Waals surface area contributed by atoms with Crippen LogP contribution in [-0.2, 0) is 4.79 Å². The predicted octanol–water partition coefficient (Wildman–Crippen LogP) is 2.54. The maximum Gasteiger partial charge on any atom is 0.225 e. The first-order valence-electron chi connectivity index (χ1n) is 7.93. The molecule has 0 aromatic carbocycles. The van der Waals surface area contributed by atoms with Gasteiger partial charge in [-0.1, -0.05) is 0 Å². The molecule has 2 heterocycles. The van der Waals surface area contributed by atoms with Crippen molar-refractivity contribution in [3.8, 4) is 0 Å². The summed E-state index contributed by atoms with van der Waals surface area (Å²) in [6, 6.07) is 0.659. The van der Waals surface area contributed by atoms with Crippen molar-refractivity contribution in [1.82, 2.24) is 10.2 Å². The van der Waals surface area contributed by atoms with E-state index in [-0.39, 0.29) is 12.4 Å². The molecule has 0 bridgehead atoms. The van der Waals surface area contributed by atoms with Crippen LogP contribution in [-0.4, -0.2) is 48.0 Å². The largest absolute Gasteiger partial charge is 0.342 e. The van der Waals surface area contributed by atoms with E-state index >= 15 is 0 Å². The average molecular weight is 319 g/mol. The molecule has 1 aliphatic carbocycles. The highest BCUT2D eigenvalue weighted by Gasteiger charge is 2.30. The second-order valence-corrected chi connectivity index (χ2v) is 7.56. The number of piperidine rings is 1. The Hall–Kier alpha value is 0.0700. The quantitative estimate of drug-likeness (QED) is 0.864. The van der Waals surface area contributed by atoms with Crippen LogP contribution in [0.25, 0.3) is 0 Å². The standard InChI is InChI=1S/C15H26N2OS.ClH/c18-15(13-5-9-19-10-6-13)17-7-3-14(4-8-17)16-11-12-1-2-12;/h12-14,16H,1-11H2;1H. The number of thioether (sulfide) groups is 1. The van der Waals surface area contributed by atoms with E-state index in [9.17, 15) is 4.79 Å². The van der Waals surface area contributed by atoms with Gasteiger partial charge < -0.3 is 10.2 Å². The molecular formula is C15H27ClN2OS. The van der Waals surface area contributed by atoms with Crippen LogP contribution in [0.2, 0.25) is 0 Å². The minimum atomic E-state index is 0. The van der Waals surface area contributed by atoms with Crippen LogP contribution in [0, 0.1) is 11.8 Å². The lowest BCUT2D eigenvalue weighted by molar-refractivity contribution is -0.136. The monoisotopic (exact) mass is 318 g/mol. The molecule has 5 heteroatoms. The van der Waals surface area contributed by atoms with Gasteiger partial charge in [-0.2, -0.15) is 11.8 Å². The predicted molar refractivity (Wildman–Crippen MR) is 87.6 cm³/mol. The number of carbonyl (C=O) groups excluding carboxylic acids is 1. The van der Waals surface area contributed by atoms with E-state index in [1.165, 1.54) is 30.9 Å². The molecule has 1 saturated carbocycles. The van der Waals surface area contributed by atoms with Crippen LogP contribution in [0.5, 0.6) is 0 Å². The number of nitrogens with one attached hydrogen (secondary N) is 1. The first kappa shape index (κ1) is 16.4. The van der Waals surface area contributed by atoms with Gasteiger partial charge in [-0.25, -0.2) is 0 Å². The first-order chi connectivity index (χ1) is 9.33. The van der Waals surface area contributed by atoms with Crippen LogP contribution in [0.3, 0.4) is 0 Å². The van der Waals surface area contributed by atoms with Crippen molar-refractivity contribution in [2.75, 3.05) is 31.1 Å². The van der Waals surface area contributed by atoms with E-state index in [1.807, 2.05) is 11.8 Å². The van der Waals surface area contributed by atoms with Gasteiger partial charge in [-0.15, -0.1) is 12.4 Å². The van der Waals surface area contributed by atoms with Crippen molar-refractivity contribution in [2.45, 2.75) is 44.6 Å². The van der Waals surface area contributed by atoms with Crippen molar-refractivity contribution in [3.05, 3.63) is 0 Å². The lowest BCUT2D eigenvalue weighted by Crippen LogP contribution is -2.47. The molecule has 2 aliphatic heterocycles. The fourth-order valence-electron chi connectivity index (χ4n) is 3.16. The summed E-state index contributed by atoms with van der Waals surface area (Å²) < 4.78 is 0. The molecule has 2 saturated heterocycles. The van der Waals surface area contributed by atoms with E-state index in [0.717, 1.165) is 44.7 Å². The number of rotatable bonds is 4. The Morgan fingerprint density at radius 2 is 1.70 bits per heavy atom. The van der Waals surface area contributed by atoms with Crippen LogP contribution < -0.4 is 5.32 Å². The Kier molecular flexibility index (Phi) is 6.50. The molecule has 3 fully saturated rings. The summed E-state index contributed by atoms with van der Waals surface area (Å²) in [6.45, 7) is 3.16. The van der Waals surface area contributed by atoms with Gasteiger partial charge in [0.15, 0.2) is 0 Å². The highest BCUT2D eigenvalue weighted by atomic mass is 35.5. The minimum absolute atomic E-state index is 0. The summed E-state index contributed by atoms with van der Waals surface area (Å²) in [7, 11) is 0. The number of nitrogens with zero attached hydrogens (tertiary/aromatic N) is 1. The van der Waals surface area contributed by atoms with Crippen molar-refractivity contribution in [3.63, 3.8) is 0 Å². The zero-order chi connectivity index (χ0) is 13.1. The zero-order valence-corrected chi connectivity index (χ0v) is 13.8. The molecule has 3 rings (SSSR count). The lowest BCUT2D eigenvalue weighted by atomic mass is 9.98. The van der Waals surface area contributed by atoms with Gasteiger partial charge in [0.1, 0.15) is 0 Å². The summed E-state index contributed by atoms with van der Waals surface area (Å²) >= 11 is 2.00. The highest BCUT2D eigenvalue weighted by molar-refractivity contribution is 7.99. The first-order valence-corrected chi connectivity index (χ1v) is 9.08. The molecule has 1 amide bonds. The smallest absolute Gasteiger partial charge is 0.225 e. The molecule has 1 N–H and O–H groups in total. The number of hydrogen-bond donors (Lipinski definition) is 1. The Labute approximate surface area is 133 Å². The highest BCUT2D eigenvalue weighted by Crippen LogP contribution is 2.28. The molecule has 116 valence electrons. The summed E-state index contributed by atoms with van der Waals surface area (Å²) in [4.78, 5) is 14.6. The Morgan fingerprint density at radius 3 is 2.30 bits per heavy atom. The average Bonchev–Trinajstić information content (AvgIpc) is 3.30. The molecule has 0 aromatic rings. The van der Waals surface area contributed by atoms with Crippen LogP contribution in [0.4, 0.5) is 0 Å². The van der Waals surface area contributed by atoms with Crippen LogP contribution in [0.1, 0.15) is 38.5 Å². The molecule has 0 unspecified atom stereocenters. The summed E-state index contributed by atoms with van der Waals surface area (Å²) in [5, 5.41) is 3.68. The van der Waals surface area contributed by atoms with E-state index in [1.54, 1.807) is 0 Å². The summed E-state index contributed by atoms with van der Waals surface area (Å²) in [5.74, 6) is 4.09. The molecule has 0 radical (unpaired) electrons. The SMILES string of the molecule is Cl.O=C(C1CCSCC1)N1CCC(NCC2CC2)CC1. The van der Waals surface area contributed by atoms with Gasteiger partial charge in [-0.05, 0) is 62.5 Å². The number of hydrogen-bond acceptors (Lipinski definition) is 3. The molecular weight excluding hydrogens is 292 g/mol. The van der Waals surface area contributed by atoms with Gasteiger partial charge in [0.2, 0.25) is 5.91 Å². The number of carbonyl (C=O) groups is 1. The van der Waals surface area contributed by atoms with Crippen molar-refractivity contribution in [2.24, 2.45) is 11.8 Å². The number of amides is 1. The Morgan fingerprint density at radius 1 is 1.05 bits per heavy atom. The molecule has 3 nitrogen and oxygen atoms in total. The maximum atomic E-state index is 12.4. The Bertz CT molecular complexity index is 311. The van der Waals surface area contributed by atoms with E-state index in [4.69, 9.17) is 0 Å². The number of halogens is 1. The Balaban J connectivity index is 0.00000147. The molecule has 0 aromatic heterocycles. The third kappa shape index (κ3) is 4.54. The van der Waals surface area contributed by atoms with Crippen molar-refractivity contribution in [1.29, 1.82) is 0 Å². The van der Waals surface area contributed by atoms with Crippen LogP contribution >= 0.6 is 24.2 Å².